The number of nitrogens with one attached hydrogen (secondary N) is 1. The summed E-state index contributed by atoms with van der Waals surface area (Å²) in [6.07, 6.45) is 16.8. The number of phenolic OH excluding ortho intramolecular Hbond substituents is 2. The number of rotatable bonds is 15. The quantitative estimate of drug-likeness (QED) is 0.117. The van der Waals surface area contributed by atoms with Crippen LogP contribution in [-0.2, 0) is 20.7 Å². The SMILES string of the molecule is CCCCCCCCCCCCCCCC(=O)N[C@H]1CS[C@@H]2c3c(O)c(C)c4c(c3[C@H](COC1=O)N1C2[C@H]2c3c(cc(C)c(C)c3O)C[C@@H]([C@@H]1C#N)N2C)OCO4.[Ac]. The first-order valence-corrected chi connectivity index (χ1v) is 22.6. The van der Waals surface area contributed by atoms with Crippen molar-refractivity contribution in [1.29, 1.82) is 5.26 Å². The Bertz CT molecular complexity index is 1870. The maximum Gasteiger partial charge on any atom is 0.329 e. The summed E-state index contributed by atoms with van der Waals surface area (Å²) in [7, 11) is 2.02. The Labute approximate surface area is 384 Å². The predicted molar refractivity (Wildman–Crippen MR) is 221 cm³/mol. The van der Waals surface area contributed by atoms with Gasteiger partial charge in [0.15, 0.2) is 11.5 Å². The minimum atomic E-state index is -0.893. The van der Waals surface area contributed by atoms with E-state index < -0.39 is 35.4 Å². The van der Waals surface area contributed by atoms with Crippen molar-refractivity contribution >= 4 is 23.6 Å². The Balaban J connectivity index is 0.00000567. The number of unbranched alkanes of at least 4 members (excludes halogenated alkanes) is 12. The summed E-state index contributed by atoms with van der Waals surface area (Å²) in [6, 6.07) is 1.64. The molecule has 2 saturated heterocycles. The number of ether oxygens (including phenoxy) is 3. The van der Waals surface area contributed by atoms with Gasteiger partial charge in [0.2, 0.25) is 12.7 Å². The van der Waals surface area contributed by atoms with E-state index in [4.69, 9.17) is 14.2 Å². The number of aromatic hydroxyl groups is 2. The van der Waals surface area contributed by atoms with Gasteiger partial charge in [0, 0.05) is 90.6 Å². The van der Waals surface area contributed by atoms with Crippen LogP contribution in [0.5, 0.6) is 23.0 Å². The average Bonchev–Trinajstić information content (AvgIpc) is 3.69. The van der Waals surface area contributed by atoms with Crippen molar-refractivity contribution in [3.05, 3.63) is 45.0 Å². The number of piperazine rings is 1. The number of fused-ring (bicyclic) bond motifs is 10. The Morgan fingerprint density at radius 1 is 0.897 bits per heavy atom. The zero-order valence-corrected chi connectivity index (χ0v) is 40.7. The fourth-order valence-corrected chi connectivity index (χ4v) is 11.8. The molecule has 1 amide bonds. The molecule has 58 heavy (non-hydrogen) atoms. The number of carbonyl (C=O) groups is 2. The number of hydrogen-bond donors (Lipinski definition) is 3. The van der Waals surface area contributed by atoms with Gasteiger partial charge in [-0.1, -0.05) is 90.0 Å². The normalized spacial score (nSPS) is 25.8. The van der Waals surface area contributed by atoms with E-state index in [1.807, 2.05) is 27.8 Å². The smallest absolute Gasteiger partial charge is 0.329 e. The number of carbonyl (C=O) groups excluding carboxylic acids is 2. The summed E-state index contributed by atoms with van der Waals surface area (Å²) in [5.74, 6) is 0.802. The molecular weight excluding hydrogens is 968 g/mol. The largest absolute Gasteiger partial charge is 0.507 e. The van der Waals surface area contributed by atoms with Gasteiger partial charge in [-0.15, -0.1) is 11.8 Å². The van der Waals surface area contributed by atoms with Crippen molar-refractivity contribution in [3.8, 4) is 29.1 Å². The standard InChI is InChI=1S/C45H62N4O7S.Ac/c1-6-7-8-9-10-11-12-13-14-15-16-17-18-19-34(50)47-30-24-57-44-37-36(43-42(55-25-56-43)28(4)41(37)52)33(23-54-45(30)53)49-32(22-46)31-21-29-20-26(2)27(3)40(51)35(29)38(39(44)49)48(31)5;/h20,30-33,38-39,44,51-52H,6-19,21,23-25H2,1-5H3,(H,47,50);/t30-,31-,32-,33-,38+,39?,44+;/m0./s1. The van der Waals surface area contributed by atoms with E-state index in [2.05, 4.69) is 34.2 Å². The van der Waals surface area contributed by atoms with E-state index in [-0.39, 0.29) is 92.7 Å². The molecule has 8 rings (SSSR count). The number of aryl methyl sites for hydroxylation is 1. The number of benzene rings is 2. The van der Waals surface area contributed by atoms with Gasteiger partial charge in [-0.25, -0.2) is 4.79 Å². The summed E-state index contributed by atoms with van der Waals surface area (Å²) in [4.78, 5) is 31.6. The van der Waals surface area contributed by atoms with Gasteiger partial charge in [-0.05, 0) is 57.4 Å². The maximum absolute atomic E-state index is 13.9. The van der Waals surface area contributed by atoms with Crippen LogP contribution in [0.4, 0.5) is 0 Å². The van der Waals surface area contributed by atoms with E-state index >= 15 is 0 Å². The molecule has 6 aliphatic rings. The number of nitriles is 1. The molecular formula is C45H62AcN4O7S. The van der Waals surface area contributed by atoms with E-state index in [0.717, 1.165) is 41.5 Å². The molecule has 0 saturated carbocycles. The van der Waals surface area contributed by atoms with Crippen LogP contribution in [0.1, 0.15) is 153 Å². The molecule has 2 aromatic rings. The number of nitrogens with zero attached hydrogens (tertiary/aromatic N) is 3. The van der Waals surface area contributed by atoms with Gasteiger partial charge in [-0.3, -0.25) is 14.6 Å². The number of likely N-dealkylation sites (N-methyl/N-ethyl adjacent to an activating group) is 1. The fourth-order valence-electron chi connectivity index (χ4n) is 10.2. The summed E-state index contributed by atoms with van der Waals surface area (Å²) in [5, 5.41) is 37.4. The monoisotopic (exact) mass is 1030 g/mol. The molecule has 13 heteroatoms. The van der Waals surface area contributed by atoms with Crippen LogP contribution in [0.15, 0.2) is 6.07 Å². The molecule has 4 bridgehead atoms. The second-order valence-electron chi connectivity index (χ2n) is 17.0. The molecule has 3 N–H and O–H groups in total. The molecule has 1 unspecified atom stereocenters. The molecule has 11 nitrogen and oxygen atoms in total. The fraction of sp³-hybridized carbons (Fsp3) is 0.667. The van der Waals surface area contributed by atoms with Crippen LogP contribution < -0.4 is 14.8 Å². The van der Waals surface area contributed by atoms with E-state index in [1.165, 1.54) is 76.0 Å². The van der Waals surface area contributed by atoms with Crippen LogP contribution >= 0.6 is 11.8 Å². The van der Waals surface area contributed by atoms with E-state index in [0.29, 0.717) is 41.0 Å². The second kappa shape index (κ2) is 20.1. The number of amides is 1. The number of hydrogen-bond acceptors (Lipinski definition) is 11. The van der Waals surface area contributed by atoms with E-state index in [1.54, 1.807) is 0 Å². The molecule has 0 aromatic heterocycles. The van der Waals surface area contributed by atoms with Crippen LogP contribution in [0.3, 0.4) is 0 Å². The molecule has 2 aromatic carbocycles. The molecule has 7 atom stereocenters. The van der Waals surface area contributed by atoms with Gasteiger partial charge < -0.3 is 29.7 Å². The predicted octanol–water partition coefficient (Wildman–Crippen LogP) is 8.28. The van der Waals surface area contributed by atoms with Crippen molar-refractivity contribution in [2.45, 2.75) is 166 Å². The van der Waals surface area contributed by atoms with Gasteiger partial charge in [-0.2, -0.15) is 5.26 Å². The van der Waals surface area contributed by atoms with Crippen molar-refractivity contribution < 1.29 is 78.1 Å². The third-order valence-electron chi connectivity index (χ3n) is 13.5. The molecule has 6 aliphatic heterocycles. The molecule has 0 spiro atoms. The van der Waals surface area contributed by atoms with Gasteiger partial charge in [0.25, 0.3) is 0 Å². The Kier molecular flexibility index (Phi) is 15.7. The molecule has 313 valence electrons. The first-order valence-electron chi connectivity index (χ1n) is 21.5. The molecule has 0 aliphatic carbocycles. The zero-order chi connectivity index (χ0) is 40.4. The Morgan fingerprint density at radius 2 is 1.52 bits per heavy atom. The summed E-state index contributed by atoms with van der Waals surface area (Å²) >= 11 is 1.47. The third-order valence-corrected chi connectivity index (χ3v) is 14.8. The third kappa shape index (κ3) is 8.76. The summed E-state index contributed by atoms with van der Waals surface area (Å²) < 4.78 is 18.1. The van der Waals surface area contributed by atoms with Crippen LogP contribution in [0.25, 0.3) is 0 Å². The minimum absolute atomic E-state index is 0. The first kappa shape index (κ1) is 45.3. The van der Waals surface area contributed by atoms with Gasteiger partial charge in [0.05, 0.1) is 23.4 Å². The second-order valence-corrected chi connectivity index (χ2v) is 18.2. The topological polar surface area (TPSA) is 145 Å². The van der Waals surface area contributed by atoms with E-state index in [9.17, 15) is 25.1 Å². The molecule has 6 heterocycles. The zero-order valence-electron chi connectivity index (χ0n) is 35.1. The first-order chi connectivity index (χ1) is 27.6. The number of esters is 1. The molecule has 2 fully saturated rings. The van der Waals surface area contributed by atoms with Crippen LogP contribution in [-0.4, -0.2) is 82.3 Å². The van der Waals surface area contributed by atoms with Crippen molar-refractivity contribution in [2.75, 3.05) is 26.2 Å². The van der Waals surface area contributed by atoms with Crippen LogP contribution in [0, 0.1) is 76.2 Å². The number of thioether (sulfide) groups is 1. The summed E-state index contributed by atoms with van der Waals surface area (Å²) in [5.41, 5.74) is 5.58. The van der Waals surface area contributed by atoms with Crippen molar-refractivity contribution in [1.82, 2.24) is 15.1 Å². The van der Waals surface area contributed by atoms with Gasteiger partial charge >= 0.3 is 5.97 Å². The number of phenols is 2. The summed E-state index contributed by atoms with van der Waals surface area (Å²) in [6.45, 7) is 7.87. The average molecular weight is 1030 g/mol. The minimum Gasteiger partial charge on any atom is -0.507 e. The van der Waals surface area contributed by atoms with Crippen LogP contribution in [0.2, 0.25) is 0 Å². The van der Waals surface area contributed by atoms with Gasteiger partial charge in [0.1, 0.15) is 30.2 Å². The van der Waals surface area contributed by atoms with Crippen molar-refractivity contribution in [2.24, 2.45) is 0 Å². The van der Waals surface area contributed by atoms with Crippen molar-refractivity contribution in [3.63, 3.8) is 0 Å². The molecule has 1 radical (unpaired) electrons. The maximum atomic E-state index is 13.9. The Morgan fingerprint density at radius 3 is 2.17 bits per heavy atom. The Hall–Kier alpha value is -2.22.